The monoisotopic (exact) mass is 286 g/mol. The number of fused-ring (bicyclic) bond motifs is 1. The molecule has 0 aliphatic carbocycles. The zero-order valence-corrected chi connectivity index (χ0v) is 11.9. The van der Waals surface area contributed by atoms with Crippen LogP contribution in [0.1, 0.15) is 19.4 Å². The summed E-state index contributed by atoms with van der Waals surface area (Å²) >= 11 is 0. The molecule has 1 aromatic carbocycles. The number of ether oxygens (including phenoxy) is 2. The Kier molecular flexibility index (Phi) is 5.03. The van der Waals surface area contributed by atoms with Crippen molar-refractivity contribution in [3.8, 4) is 11.5 Å². The summed E-state index contributed by atoms with van der Waals surface area (Å²) in [7, 11) is 0. The van der Waals surface area contributed by atoms with Gasteiger partial charge in [-0.25, -0.2) is 0 Å². The maximum atomic E-state index is 11.7. The molecule has 0 unspecified atom stereocenters. The number of nitrogens with one attached hydrogen (secondary N) is 1. The molecule has 1 aromatic rings. The van der Waals surface area contributed by atoms with E-state index in [1.165, 1.54) is 0 Å². The fourth-order valence-corrected chi connectivity index (χ4v) is 1.63. The lowest BCUT2D eigenvalue weighted by molar-refractivity contribution is -0.120. The Morgan fingerprint density at radius 2 is 2.05 bits per heavy atom. The number of halogens is 1. The highest BCUT2D eigenvalue weighted by Crippen LogP contribution is 2.32. The predicted molar refractivity (Wildman–Crippen MR) is 74.8 cm³/mol. The SMILES string of the molecule is CC(C)(N)CNC(=O)Cc1ccc2c(c1)OCO2.Cl. The number of carbonyl (C=O) groups is 1. The molecule has 1 amide bonds. The first-order valence-electron chi connectivity index (χ1n) is 5.88. The minimum atomic E-state index is -0.398. The van der Waals surface area contributed by atoms with E-state index in [9.17, 15) is 4.79 Å². The van der Waals surface area contributed by atoms with Crippen LogP contribution in [0.5, 0.6) is 11.5 Å². The average Bonchev–Trinajstić information content (AvgIpc) is 2.72. The fraction of sp³-hybridized carbons (Fsp3) is 0.462. The van der Waals surface area contributed by atoms with Gasteiger partial charge in [0.25, 0.3) is 0 Å². The van der Waals surface area contributed by atoms with E-state index in [1.807, 2.05) is 32.0 Å². The van der Waals surface area contributed by atoms with Crippen LogP contribution < -0.4 is 20.5 Å². The van der Waals surface area contributed by atoms with Gasteiger partial charge in [0.15, 0.2) is 11.5 Å². The molecule has 3 N–H and O–H groups in total. The molecule has 19 heavy (non-hydrogen) atoms. The minimum Gasteiger partial charge on any atom is -0.454 e. The van der Waals surface area contributed by atoms with Crippen molar-refractivity contribution in [1.82, 2.24) is 5.32 Å². The summed E-state index contributed by atoms with van der Waals surface area (Å²) < 4.78 is 10.5. The van der Waals surface area contributed by atoms with E-state index in [-0.39, 0.29) is 25.1 Å². The number of hydrogen-bond acceptors (Lipinski definition) is 4. The molecule has 0 radical (unpaired) electrons. The van der Waals surface area contributed by atoms with E-state index in [4.69, 9.17) is 15.2 Å². The summed E-state index contributed by atoms with van der Waals surface area (Å²) in [5, 5.41) is 2.80. The van der Waals surface area contributed by atoms with E-state index < -0.39 is 5.54 Å². The molecule has 6 heteroatoms. The summed E-state index contributed by atoms with van der Waals surface area (Å²) in [6.45, 7) is 4.43. The number of nitrogens with two attached hydrogens (primary N) is 1. The van der Waals surface area contributed by atoms with Gasteiger partial charge in [0, 0.05) is 12.1 Å². The maximum absolute atomic E-state index is 11.7. The van der Waals surface area contributed by atoms with Gasteiger partial charge in [-0.1, -0.05) is 6.07 Å². The van der Waals surface area contributed by atoms with E-state index >= 15 is 0 Å². The van der Waals surface area contributed by atoms with Gasteiger partial charge in [0.1, 0.15) is 0 Å². The summed E-state index contributed by atoms with van der Waals surface area (Å²) in [5.74, 6) is 1.37. The van der Waals surface area contributed by atoms with Crippen molar-refractivity contribution in [3.05, 3.63) is 23.8 Å². The first-order chi connectivity index (χ1) is 8.44. The molecule has 1 aliphatic heterocycles. The highest BCUT2D eigenvalue weighted by molar-refractivity contribution is 5.85. The van der Waals surface area contributed by atoms with Crippen molar-refractivity contribution in [2.75, 3.05) is 13.3 Å². The van der Waals surface area contributed by atoms with Crippen molar-refractivity contribution in [2.45, 2.75) is 25.8 Å². The molecule has 0 atom stereocenters. The molecule has 2 rings (SSSR count). The van der Waals surface area contributed by atoms with Crippen LogP contribution in [0.25, 0.3) is 0 Å². The first kappa shape index (κ1) is 15.6. The van der Waals surface area contributed by atoms with Crippen LogP contribution in [0.4, 0.5) is 0 Å². The second-order valence-corrected chi connectivity index (χ2v) is 5.13. The van der Waals surface area contributed by atoms with Crippen LogP contribution in [-0.4, -0.2) is 24.8 Å². The van der Waals surface area contributed by atoms with E-state index in [0.717, 1.165) is 11.3 Å². The molecule has 106 valence electrons. The third-order valence-electron chi connectivity index (χ3n) is 2.54. The molecule has 0 fully saturated rings. The molecule has 0 aromatic heterocycles. The summed E-state index contributed by atoms with van der Waals surface area (Å²) in [5.41, 5.74) is 6.30. The van der Waals surface area contributed by atoms with Crippen LogP contribution in [0.2, 0.25) is 0 Å². The van der Waals surface area contributed by atoms with Crippen molar-refractivity contribution < 1.29 is 14.3 Å². The van der Waals surface area contributed by atoms with Gasteiger partial charge in [0.2, 0.25) is 12.7 Å². The zero-order chi connectivity index (χ0) is 13.2. The molecule has 0 spiro atoms. The summed E-state index contributed by atoms with van der Waals surface area (Å²) in [6, 6.07) is 5.51. The second-order valence-electron chi connectivity index (χ2n) is 5.13. The highest BCUT2D eigenvalue weighted by Gasteiger charge is 2.15. The van der Waals surface area contributed by atoms with Gasteiger partial charge in [-0.2, -0.15) is 0 Å². The third kappa shape index (κ3) is 4.61. The Labute approximate surface area is 118 Å². The van der Waals surface area contributed by atoms with E-state index in [1.54, 1.807) is 0 Å². The topological polar surface area (TPSA) is 73.6 Å². The Morgan fingerprint density at radius 1 is 1.37 bits per heavy atom. The molecule has 0 bridgehead atoms. The Bertz CT molecular complexity index is 458. The van der Waals surface area contributed by atoms with Crippen molar-refractivity contribution in [1.29, 1.82) is 0 Å². The fourth-order valence-electron chi connectivity index (χ4n) is 1.63. The number of amides is 1. The molecule has 5 nitrogen and oxygen atoms in total. The summed E-state index contributed by atoms with van der Waals surface area (Å²) in [4.78, 5) is 11.7. The van der Waals surface area contributed by atoms with Gasteiger partial charge >= 0.3 is 0 Å². The molecule has 1 heterocycles. The maximum Gasteiger partial charge on any atom is 0.231 e. The molecule has 0 saturated heterocycles. The number of rotatable bonds is 4. The van der Waals surface area contributed by atoms with Crippen molar-refractivity contribution in [2.24, 2.45) is 5.73 Å². The normalized spacial score (nSPS) is 12.8. The zero-order valence-electron chi connectivity index (χ0n) is 11.1. The van der Waals surface area contributed by atoms with Gasteiger partial charge in [-0.15, -0.1) is 12.4 Å². The first-order valence-corrected chi connectivity index (χ1v) is 5.88. The van der Waals surface area contributed by atoms with Crippen LogP contribution >= 0.6 is 12.4 Å². The van der Waals surface area contributed by atoms with Gasteiger partial charge in [-0.05, 0) is 31.5 Å². The highest BCUT2D eigenvalue weighted by atomic mass is 35.5. The Balaban J connectivity index is 0.00000180. The largest absolute Gasteiger partial charge is 0.454 e. The average molecular weight is 287 g/mol. The molecule has 0 saturated carbocycles. The van der Waals surface area contributed by atoms with Crippen LogP contribution in [0.3, 0.4) is 0 Å². The van der Waals surface area contributed by atoms with Gasteiger partial charge in [0.05, 0.1) is 6.42 Å². The standard InChI is InChI=1S/C13H18N2O3.ClH/c1-13(2,14)7-15-12(16)6-9-3-4-10-11(5-9)18-8-17-10;/h3-5H,6-8,14H2,1-2H3,(H,15,16);1H. The Hall–Kier alpha value is -1.46. The smallest absolute Gasteiger partial charge is 0.231 e. The summed E-state index contributed by atoms with van der Waals surface area (Å²) in [6.07, 6.45) is 0.312. The van der Waals surface area contributed by atoms with Gasteiger partial charge < -0.3 is 20.5 Å². The molecular weight excluding hydrogens is 268 g/mol. The lowest BCUT2D eigenvalue weighted by Crippen LogP contribution is -2.45. The van der Waals surface area contributed by atoms with Crippen LogP contribution in [-0.2, 0) is 11.2 Å². The van der Waals surface area contributed by atoms with Crippen molar-refractivity contribution in [3.63, 3.8) is 0 Å². The van der Waals surface area contributed by atoms with E-state index in [2.05, 4.69) is 5.32 Å². The molecule has 1 aliphatic rings. The number of hydrogen-bond donors (Lipinski definition) is 2. The van der Waals surface area contributed by atoms with E-state index in [0.29, 0.717) is 18.7 Å². The minimum absolute atomic E-state index is 0. The quantitative estimate of drug-likeness (QED) is 0.873. The number of benzene rings is 1. The molecular formula is C13H19ClN2O3. The van der Waals surface area contributed by atoms with Crippen LogP contribution in [0.15, 0.2) is 18.2 Å². The van der Waals surface area contributed by atoms with Crippen molar-refractivity contribution >= 4 is 18.3 Å². The third-order valence-corrected chi connectivity index (χ3v) is 2.54. The van der Waals surface area contributed by atoms with Crippen LogP contribution in [0, 0.1) is 0 Å². The Morgan fingerprint density at radius 3 is 2.74 bits per heavy atom. The second kappa shape index (κ2) is 6.12. The lowest BCUT2D eigenvalue weighted by atomic mass is 10.1. The lowest BCUT2D eigenvalue weighted by Gasteiger charge is -2.18. The van der Waals surface area contributed by atoms with Gasteiger partial charge in [-0.3, -0.25) is 4.79 Å². The number of carbonyl (C=O) groups excluding carboxylic acids is 1. The predicted octanol–water partition coefficient (Wildman–Crippen LogP) is 1.23.